The van der Waals surface area contributed by atoms with E-state index in [1.807, 2.05) is 12.4 Å². The maximum atomic E-state index is 5.32. The Bertz CT molecular complexity index is 310. The zero-order valence-electron chi connectivity index (χ0n) is 10.0. The first-order chi connectivity index (χ1) is 7.03. The van der Waals surface area contributed by atoms with Crippen LogP contribution in [-0.2, 0) is 11.3 Å². The van der Waals surface area contributed by atoms with E-state index in [1.165, 1.54) is 11.1 Å². The fourth-order valence-corrected chi connectivity index (χ4v) is 1.29. The maximum absolute atomic E-state index is 5.32. The molecular weight excluding hydrogens is 188 g/mol. The van der Waals surface area contributed by atoms with Crippen LogP contribution >= 0.6 is 0 Å². The molecule has 0 saturated carbocycles. The van der Waals surface area contributed by atoms with Crippen molar-refractivity contribution >= 4 is 0 Å². The summed E-state index contributed by atoms with van der Waals surface area (Å²) in [7, 11) is 1.73. The molecular formula is C12H20N2O. The molecule has 0 amide bonds. The number of ether oxygens (including phenoxy) is 1. The third-order valence-electron chi connectivity index (χ3n) is 2.36. The van der Waals surface area contributed by atoms with Gasteiger partial charge in [0.25, 0.3) is 0 Å². The summed E-state index contributed by atoms with van der Waals surface area (Å²) in [4.78, 5) is 4.15. The van der Waals surface area contributed by atoms with Crippen LogP contribution in [0, 0.1) is 6.92 Å². The molecule has 1 rings (SSSR count). The lowest BCUT2D eigenvalue weighted by Crippen LogP contribution is -2.36. The molecule has 1 N–H and O–H groups in total. The molecule has 0 unspecified atom stereocenters. The summed E-state index contributed by atoms with van der Waals surface area (Å²) in [5, 5.41) is 3.36. The minimum atomic E-state index is -0.114. The van der Waals surface area contributed by atoms with Crippen molar-refractivity contribution < 1.29 is 4.74 Å². The van der Waals surface area contributed by atoms with Gasteiger partial charge in [-0.2, -0.15) is 0 Å². The molecule has 0 aliphatic carbocycles. The summed E-state index contributed by atoms with van der Waals surface area (Å²) in [6.07, 6.45) is 3.75. The monoisotopic (exact) mass is 208 g/mol. The van der Waals surface area contributed by atoms with Crippen LogP contribution in [0.25, 0.3) is 0 Å². The molecule has 84 valence electrons. The quantitative estimate of drug-likeness (QED) is 0.802. The van der Waals surface area contributed by atoms with Gasteiger partial charge in [0, 0.05) is 32.6 Å². The Kier molecular flexibility index (Phi) is 4.24. The van der Waals surface area contributed by atoms with Gasteiger partial charge in [-0.1, -0.05) is 6.07 Å². The van der Waals surface area contributed by atoms with Crippen LogP contribution in [0.15, 0.2) is 18.5 Å². The zero-order valence-corrected chi connectivity index (χ0v) is 10.0. The summed E-state index contributed by atoms with van der Waals surface area (Å²) in [5.74, 6) is 0. The van der Waals surface area contributed by atoms with Crippen LogP contribution in [-0.4, -0.2) is 24.2 Å². The maximum Gasteiger partial charge on any atom is 0.0746 e. The fraction of sp³-hybridized carbons (Fsp3) is 0.583. The van der Waals surface area contributed by atoms with E-state index < -0.39 is 0 Å². The Balaban J connectivity index is 2.38. The Hall–Kier alpha value is -0.930. The van der Waals surface area contributed by atoms with Gasteiger partial charge in [-0.25, -0.2) is 0 Å². The van der Waals surface area contributed by atoms with Crippen molar-refractivity contribution in [2.24, 2.45) is 0 Å². The van der Waals surface area contributed by atoms with E-state index in [2.05, 4.69) is 37.1 Å². The molecule has 3 nitrogen and oxygen atoms in total. The predicted octanol–water partition coefficient (Wildman–Crippen LogP) is 1.90. The van der Waals surface area contributed by atoms with Crippen LogP contribution in [0.2, 0.25) is 0 Å². The van der Waals surface area contributed by atoms with Crippen LogP contribution in [0.5, 0.6) is 0 Å². The molecule has 1 aromatic rings. The number of hydrogen-bond acceptors (Lipinski definition) is 3. The average Bonchev–Trinajstić information content (AvgIpc) is 2.18. The minimum Gasteiger partial charge on any atom is -0.377 e. The van der Waals surface area contributed by atoms with Crippen molar-refractivity contribution in [3.8, 4) is 0 Å². The average molecular weight is 208 g/mol. The van der Waals surface area contributed by atoms with Crippen LogP contribution < -0.4 is 5.32 Å². The molecule has 1 aromatic heterocycles. The molecule has 0 fully saturated rings. The van der Waals surface area contributed by atoms with E-state index in [0.29, 0.717) is 0 Å². The van der Waals surface area contributed by atoms with E-state index in [9.17, 15) is 0 Å². The van der Waals surface area contributed by atoms with Crippen molar-refractivity contribution in [3.63, 3.8) is 0 Å². The number of hydrogen-bond donors (Lipinski definition) is 1. The van der Waals surface area contributed by atoms with E-state index in [-0.39, 0.29) is 5.60 Å². The highest BCUT2D eigenvalue weighted by molar-refractivity contribution is 5.16. The van der Waals surface area contributed by atoms with Crippen molar-refractivity contribution in [2.75, 3.05) is 13.7 Å². The summed E-state index contributed by atoms with van der Waals surface area (Å²) < 4.78 is 5.32. The molecule has 0 aromatic carbocycles. The molecule has 0 spiro atoms. The Morgan fingerprint density at radius 2 is 2.13 bits per heavy atom. The number of nitrogens with one attached hydrogen (secondary N) is 1. The highest BCUT2D eigenvalue weighted by Crippen LogP contribution is 2.06. The van der Waals surface area contributed by atoms with Crippen LogP contribution in [0.4, 0.5) is 0 Å². The lowest BCUT2D eigenvalue weighted by molar-refractivity contribution is 0.0230. The number of rotatable bonds is 5. The van der Waals surface area contributed by atoms with Gasteiger partial charge in [0.1, 0.15) is 0 Å². The second kappa shape index (κ2) is 5.24. The Morgan fingerprint density at radius 3 is 2.73 bits per heavy atom. The standard InChI is InChI=1S/C12H20N2O/c1-10-5-11(7-13-6-10)8-14-9-12(2,3)15-4/h5-7,14H,8-9H2,1-4H3. The molecule has 15 heavy (non-hydrogen) atoms. The summed E-state index contributed by atoms with van der Waals surface area (Å²) in [5.41, 5.74) is 2.29. The minimum absolute atomic E-state index is 0.114. The van der Waals surface area contributed by atoms with Crippen LogP contribution in [0.3, 0.4) is 0 Å². The molecule has 0 atom stereocenters. The third kappa shape index (κ3) is 4.40. The summed E-state index contributed by atoms with van der Waals surface area (Å²) in [6.45, 7) is 7.84. The Labute approximate surface area is 91.9 Å². The number of nitrogens with zero attached hydrogens (tertiary/aromatic N) is 1. The lowest BCUT2D eigenvalue weighted by Gasteiger charge is -2.23. The van der Waals surface area contributed by atoms with Gasteiger partial charge in [-0.05, 0) is 31.9 Å². The largest absolute Gasteiger partial charge is 0.377 e. The highest BCUT2D eigenvalue weighted by atomic mass is 16.5. The molecule has 0 radical (unpaired) electrons. The van der Waals surface area contributed by atoms with Gasteiger partial charge >= 0.3 is 0 Å². The van der Waals surface area contributed by atoms with Gasteiger partial charge in [0.05, 0.1) is 5.60 Å². The van der Waals surface area contributed by atoms with E-state index in [1.54, 1.807) is 7.11 Å². The zero-order chi connectivity index (χ0) is 11.3. The number of aryl methyl sites for hydroxylation is 1. The number of methoxy groups -OCH3 is 1. The summed E-state index contributed by atoms with van der Waals surface area (Å²) in [6, 6.07) is 2.14. The van der Waals surface area contributed by atoms with Gasteiger partial charge in [0.2, 0.25) is 0 Å². The van der Waals surface area contributed by atoms with Gasteiger partial charge in [0.15, 0.2) is 0 Å². The first-order valence-corrected chi connectivity index (χ1v) is 5.20. The second-order valence-electron chi connectivity index (χ2n) is 4.44. The van der Waals surface area contributed by atoms with Gasteiger partial charge in [-0.15, -0.1) is 0 Å². The molecule has 0 aliphatic rings. The number of aromatic nitrogens is 1. The first-order valence-electron chi connectivity index (χ1n) is 5.20. The van der Waals surface area contributed by atoms with E-state index in [4.69, 9.17) is 4.74 Å². The Morgan fingerprint density at radius 1 is 1.40 bits per heavy atom. The fourth-order valence-electron chi connectivity index (χ4n) is 1.29. The van der Waals surface area contributed by atoms with Gasteiger partial charge in [-0.3, -0.25) is 4.98 Å². The molecule has 0 aliphatic heterocycles. The van der Waals surface area contributed by atoms with Gasteiger partial charge < -0.3 is 10.1 Å². The second-order valence-corrected chi connectivity index (χ2v) is 4.44. The van der Waals surface area contributed by atoms with Crippen molar-refractivity contribution in [2.45, 2.75) is 32.9 Å². The van der Waals surface area contributed by atoms with Crippen molar-refractivity contribution in [1.82, 2.24) is 10.3 Å². The lowest BCUT2D eigenvalue weighted by atomic mass is 10.1. The number of pyridine rings is 1. The molecule has 0 bridgehead atoms. The van der Waals surface area contributed by atoms with Crippen molar-refractivity contribution in [1.29, 1.82) is 0 Å². The normalized spacial score (nSPS) is 11.7. The highest BCUT2D eigenvalue weighted by Gasteiger charge is 2.14. The SMILES string of the molecule is COC(C)(C)CNCc1cncc(C)c1. The van der Waals surface area contributed by atoms with Crippen molar-refractivity contribution in [3.05, 3.63) is 29.6 Å². The molecule has 1 heterocycles. The topological polar surface area (TPSA) is 34.1 Å². The molecule has 0 saturated heterocycles. The smallest absolute Gasteiger partial charge is 0.0746 e. The molecule has 3 heteroatoms. The first kappa shape index (κ1) is 12.1. The van der Waals surface area contributed by atoms with Crippen LogP contribution in [0.1, 0.15) is 25.0 Å². The van der Waals surface area contributed by atoms with E-state index in [0.717, 1.165) is 13.1 Å². The third-order valence-corrected chi connectivity index (χ3v) is 2.36. The van der Waals surface area contributed by atoms with E-state index >= 15 is 0 Å². The summed E-state index contributed by atoms with van der Waals surface area (Å²) >= 11 is 0. The predicted molar refractivity (Wildman–Crippen MR) is 61.8 cm³/mol.